The van der Waals surface area contributed by atoms with Crippen molar-refractivity contribution in [3.63, 3.8) is 0 Å². The second-order valence-corrected chi connectivity index (χ2v) is 7.91. The van der Waals surface area contributed by atoms with Crippen LogP contribution in [0.5, 0.6) is 0 Å². The van der Waals surface area contributed by atoms with E-state index in [4.69, 9.17) is 4.42 Å². The number of furan rings is 1. The van der Waals surface area contributed by atoms with Crippen LogP contribution >= 0.6 is 23.5 Å². The molecule has 1 aliphatic rings. The molecule has 0 bridgehead atoms. The van der Waals surface area contributed by atoms with Gasteiger partial charge in [-0.05, 0) is 55.0 Å². The summed E-state index contributed by atoms with van der Waals surface area (Å²) in [6.45, 7) is 1.74. The Kier molecular flexibility index (Phi) is 6.32. The summed E-state index contributed by atoms with van der Waals surface area (Å²) in [6.07, 6.45) is 5.94. The van der Waals surface area contributed by atoms with Gasteiger partial charge in [-0.3, -0.25) is 4.79 Å². The molecule has 0 spiro atoms. The van der Waals surface area contributed by atoms with E-state index in [0.29, 0.717) is 5.92 Å². The summed E-state index contributed by atoms with van der Waals surface area (Å²) in [5.74, 6) is 4.00. The number of piperidine rings is 1. The van der Waals surface area contributed by atoms with Crippen LogP contribution in [0.3, 0.4) is 0 Å². The minimum absolute atomic E-state index is 0.182. The lowest BCUT2D eigenvalue weighted by Crippen LogP contribution is -2.39. The molecule has 1 saturated heterocycles. The van der Waals surface area contributed by atoms with Crippen LogP contribution in [-0.2, 0) is 5.75 Å². The van der Waals surface area contributed by atoms with Gasteiger partial charge in [0.25, 0.3) is 5.91 Å². The van der Waals surface area contributed by atoms with Crippen molar-refractivity contribution in [2.24, 2.45) is 5.92 Å². The van der Waals surface area contributed by atoms with Crippen LogP contribution in [0.25, 0.3) is 0 Å². The highest BCUT2D eigenvalue weighted by Gasteiger charge is 2.24. The van der Waals surface area contributed by atoms with Crippen molar-refractivity contribution in [2.75, 3.05) is 25.1 Å². The summed E-state index contributed by atoms with van der Waals surface area (Å²) in [5.41, 5.74) is 0.843. The molecule has 0 aliphatic carbocycles. The number of amides is 1. The maximum atomic E-state index is 12.8. The van der Waals surface area contributed by atoms with Gasteiger partial charge >= 0.3 is 0 Å². The quantitative estimate of drug-likeness (QED) is 0.693. The SMILES string of the molecule is CSc1ccccc1C(=O)N1CCC(CSCc2ccco2)CC1. The van der Waals surface area contributed by atoms with Crippen LogP contribution in [-0.4, -0.2) is 35.9 Å². The Morgan fingerprint density at radius 3 is 2.71 bits per heavy atom. The Bertz CT molecular complexity index is 649. The number of benzene rings is 1. The number of hydrogen-bond acceptors (Lipinski definition) is 4. The van der Waals surface area contributed by atoms with Crippen molar-refractivity contribution >= 4 is 29.4 Å². The first-order chi connectivity index (χ1) is 11.8. The van der Waals surface area contributed by atoms with Crippen LogP contribution in [0, 0.1) is 5.92 Å². The summed E-state index contributed by atoms with van der Waals surface area (Å²) in [6, 6.07) is 11.9. The second kappa shape index (κ2) is 8.67. The lowest BCUT2D eigenvalue weighted by Gasteiger charge is -2.32. The monoisotopic (exact) mass is 361 g/mol. The summed E-state index contributed by atoms with van der Waals surface area (Å²) >= 11 is 3.57. The van der Waals surface area contributed by atoms with Gasteiger partial charge in [-0.1, -0.05) is 12.1 Å². The summed E-state index contributed by atoms with van der Waals surface area (Å²) in [4.78, 5) is 15.8. The van der Waals surface area contributed by atoms with Crippen LogP contribution in [0.4, 0.5) is 0 Å². The lowest BCUT2D eigenvalue weighted by atomic mass is 9.98. The second-order valence-electron chi connectivity index (χ2n) is 6.03. The van der Waals surface area contributed by atoms with Gasteiger partial charge in [0.05, 0.1) is 17.6 Å². The Morgan fingerprint density at radius 2 is 2.00 bits per heavy atom. The van der Waals surface area contributed by atoms with E-state index in [2.05, 4.69) is 0 Å². The topological polar surface area (TPSA) is 33.5 Å². The van der Waals surface area contributed by atoms with Crippen molar-refractivity contribution in [1.29, 1.82) is 0 Å². The van der Waals surface area contributed by atoms with Gasteiger partial charge in [0.1, 0.15) is 5.76 Å². The molecular formula is C19H23NO2S2. The molecule has 2 aromatic rings. The van der Waals surface area contributed by atoms with E-state index in [1.54, 1.807) is 18.0 Å². The first-order valence-corrected chi connectivity index (χ1v) is 10.7. The number of carbonyl (C=O) groups is 1. The highest BCUT2D eigenvalue weighted by Crippen LogP contribution is 2.27. The molecule has 128 valence electrons. The highest BCUT2D eigenvalue weighted by atomic mass is 32.2. The first kappa shape index (κ1) is 17.5. The molecule has 0 saturated carbocycles. The van der Waals surface area contributed by atoms with Crippen molar-refractivity contribution < 1.29 is 9.21 Å². The molecular weight excluding hydrogens is 338 g/mol. The van der Waals surface area contributed by atoms with Crippen molar-refractivity contribution in [3.05, 3.63) is 54.0 Å². The predicted molar refractivity (Wildman–Crippen MR) is 102 cm³/mol. The molecule has 0 atom stereocenters. The van der Waals surface area contributed by atoms with Gasteiger partial charge in [0.15, 0.2) is 0 Å². The zero-order chi connectivity index (χ0) is 16.8. The standard InChI is InChI=1S/C19H23NO2S2/c1-23-18-7-3-2-6-17(18)19(21)20-10-8-15(9-11-20)13-24-14-16-5-4-12-22-16/h2-7,12,15H,8-11,13-14H2,1H3. The largest absolute Gasteiger partial charge is 0.468 e. The molecule has 5 heteroatoms. The van der Waals surface area contributed by atoms with E-state index < -0.39 is 0 Å². The van der Waals surface area contributed by atoms with Crippen molar-refractivity contribution in [1.82, 2.24) is 4.90 Å². The highest BCUT2D eigenvalue weighted by molar-refractivity contribution is 7.98. The van der Waals surface area contributed by atoms with Crippen LogP contribution < -0.4 is 0 Å². The fourth-order valence-electron chi connectivity index (χ4n) is 3.02. The minimum atomic E-state index is 0.182. The van der Waals surface area contributed by atoms with Crippen LogP contribution in [0.1, 0.15) is 29.0 Å². The Hall–Kier alpha value is -1.33. The van der Waals surface area contributed by atoms with Gasteiger partial charge < -0.3 is 9.32 Å². The van der Waals surface area contributed by atoms with Crippen LogP contribution in [0.15, 0.2) is 52.0 Å². The molecule has 1 aliphatic heterocycles. The maximum absolute atomic E-state index is 12.8. The third-order valence-corrected chi connectivity index (χ3v) is 6.41. The molecule has 3 rings (SSSR count). The van der Waals surface area contributed by atoms with E-state index in [-0.39, 0.29) is 5.91 Å². The Labute approximate surface area is 152 Å². The number of thioether (sulfide) groups is 2. The number of rotatable bonds is 6. The van der Waals surface area contributed by atoms with Gasteiger partial charge in [-0.2, -0.15) is 11.8 Å². The molecule has 3 nitrogen and oxygen atoms in total. The predicted octanol–water partition coefficient (Wildman–Crippen LogP) is 4.79. The molecule has 0 radical (unpaired) electrons. The number of carbonyl (C=O) groups excluding carboxylic acids is 1. The van der Waals surface area contributed by atoms with Gasteiger partial charge in [-0.15, -0.1) is 11.8 Å². The molecule has 1 aromatic heterocycles. The van der Waals surface area contributed by atoms with E-state index >= 15 is 0 Å². The summed E-state index contributed by atoms with van der Waals surface area (Å²) < 4.78 is 5.37. The van der Waals surface area contributed by atoms with Crippen molar-refractivity contribution in [3.8, 4) is 0 Å². The van der Waals surface area contributed by atoms with Gasteiger partial charge in [0.2, 0.25) is 0 Å². The smallest absolute Gasteiger partial charge is 0.254 e. The first-order valence-electron chi connectivity index (χ1n) is 8.30. The molecule has 0 unspecified atom stereocenters. The average molecular weight is 362 g/mol. The lowest BCUT2D eigenvalue weighted by molar-refractivity contribution is 0.0695. The molecule has 24 heavy (non-hydrogen) atoms. The molecule has 1 fully saturated rings. The van der Waals surface area contributed by atoms with Gasteiger partial charge in [0, 0.05) is 18.0 Å². The Balaban J connectivity index is 1.47. The average Bonchev–Trinajstić information content (AvgIpc) is 3.15. The van der Waals surface area contributed by atoms with Crippen molar-refractivity contribution in [2.45, 2.75) is 23.5 Å². The number of likely N-dealkylation sites (tertiary alicyclic amines) is 1. The van der Waals surface area contributed by atoms with Gasteiger partial charge in [-0.25, -0.2) is 0 Å². The van der Waals surface area contributed by atoms with E-state index in [0.717, 1.165) is 53.7 Å². The van der Waals surface area contributed by atoms with E-state index in [9.17, 15) is 4.79 Å². The van der Waals surface area contributed by atoms with Crippen LogP contribution in [0.2, 0.25) is 0 Å². The summed E-state index contributed by atoms with van der Waals surface area (Å²) in [5, 5.41) is 0. The molecule has 1 aromatic carbocycles. The number of hydrogen-bond donors (Lipinski definition) is 0. The fraction of sp³-hybridized carbons (Fsp3) is 0.421. The molecule has 2 heterocycles. The third-order valence-electron chi connectivity index (χ3n) is 4.42. The minimum Gasteiger partial charge on any atom is -0.468 e. The third kappa shape index (κ3) is 4.39. The van der Waals surface area contributed by atoms with E-state index in [1.165, 1.54) is 0 Å². The maximum Gasteiger partial charge on any atom is 0.254 e. The molecule has 1 amide bonds. The summed E-state index contributed by atoms with van der Waals surface area (Å²) in [7, 11) is 0. The zero-order valence-electron chi connectivity index (χ0n) is 13.9. The van der Waals surface area contributed by atoms with E-state index in [1.807, 2.05) is 59.3 Å². The Morgan fingerprint density at radius 1 is 1.21 bits per heavy atom. The zero-order valence-corrected chi connectivity index (χ0v) is 15.6. The number of nitrogens with zero attached hydrogens (tertiary/aromatic N) is 1. The molecule has 0 N–H and O–H groups in total. The normalized spacial score (nSPS) is 15.6. The fourth-order valence-corrected chi connectivity index (χ4v) is 4.76.